The summed E-state index contributed by atoms with van der Waals surface area (Å²) in [5, 5.41) is 8.21. The first-order valence-corrected chi connectivity index (χ1v) is 7.91. The first-order valence-electron chi connectivity index (χ1n) is 5.78. The molecule has 96 valence electrons. The number of aromatic nitrogens is 1. The second-order valence-corrected chi connectivity index (χ2v) is 6.32. The molecule has 0 spiro atoms. The fourth-order valence-electron chi connectivity index (χ4n) is 1.82. The lowest BCUT2D eigenvalue weighted by Gasteiger charge is -2.17. The Hall–Kier alpha value is -1.36. The Labute approximate surface area is 124 Å². The van der Waals surface area contributed by atoms with Crippen LogP contribution in [-0.2, 0) is 0 Å². The molecule has 3 rings (SSSR count). The molecule has 0 aliphatic rings. The van der Waals surface area contributed by atoms with Crippen LogP contribution in [0.4, 0.5) is 5.69 Å². The topological polar surface area (TPSA) is 24.9 Å². The van der Waals surface area contributed by atoms with Crippen LogP contribution >= 0.6 is 34.3 Å². The standard InChI is InChI=1S/C14H11ClN2S2/c15-13-6-5-10(9-16-13)17-14(11-3-1-7-18-11)12-4-2-8-19-12/h1-9,14,17H. The number of anilines is 1. The summed E-state index contributed by atoms with van der Waals surface area (Å²) >= 11 is 9.31. The first-order chi connectivity index (χ1) is 9.33. The van der Waals surface area contributed by atoms with E-state index in [1.54, 1.807) is 34.9 Å². The molecule has 0 amide bonds. The van der Waals surface area contributed by atoms with Gasteiger partial charge in [0.15, 0.2) is 0 Å². The molecule has 2 nitrogen and oxygen atoms in total. The van der Waals surface area contributed by atoms with Crippen molar-refractivity contribution in [1.29, 1.82) is 0 Å². The summed E-state index contributed by atoms with van der Waals surface area (Å²) < 4.78 is 0. The molecular formula is C14H11ClN2S2. The number of hydrogen-bond acceptors (Lipinski definition) is 4. The minimum absolute atomic E-state index is 0.169. The molecule has 0 bridgehead atoms. The van der Waals surface area contributed by atoms with Crippen LogP contribution in [0.2, 0.25) is 5.15 Å². The van der Waals surface area contributed by atoms with E-state index < -0.39 is 0 Å². The van der Waals surface area contributed by atoms with Gasteiger partial charge in [0.2, 0.25) is 0 Å². The van der Waals surface area contributed by atoms with Gasteiger partial charge in [0, 0.05) is 9.75 Å². The first kappa shape index (κ1) is 12.7. The largest absolute Gasteiger partial charge is 0.371 e. The van der Waals surface area contributed by atoms with Crippen molar-refractivity contribution in [1.82, 2.24) is 4.98 Å². The van der Waals surface area contributed by atoms with Crippen LogP contribution in [0.1, 0.15) is 15.8 Å². The molecule has 3 aromatic rings. The van der Waals surface area contributed by atoms with Crippen LogP contribution in [0, 0.1) is 0 Å². The van der Waals surface area contributed by atoms with Crippen molar-refractivity contribution in [3.05, 3.63) is 68.3 Å². The van der Waals surface area contributed by atoms with Crippen LogP contribution in [0.5, 0.6) is 0 Å². The maximum Gasteiger partial charge on any atom is 0.129 e. The summed E-state index contributed by atoms with van der Waals surface area (Å²) in [6, 6.07) is 12.3. The van der Waals surface area contributed by atoms with Gasteiger partial charge in [0.05, 0.1) is 17.9 Å². The van der Waals surface area contributed by atoms with Gasteiger partial charge in [-0.15, -0.1) is 22.7 Å². The number of nitrogens with zero attached hydrogens (tertiary/aromatic N) is 1. The van der Waals surface area contributed by atoms with Crippen LogP contribution in [0.25, 0.3) is 0 Å². The zero-order chi connectivity index (χ0) is 13.1. The smallest absolute Gasteiger partial charge is 0.129 e. The van der Waals surface area contributed by atoms with Gasteiger partial charge in [-0.05, 0) is 35.0 Å². The minimum Gasteiger partial charge on any atom is -0.371 e. The molecule has 0 aliphatic carbocycles. The van der Waals surface area contributed by atoms with Crippen molar-refractivity contribution >= 4 is 40.0 Å². The summed E-state index contributed by atoms with van der Waals surface area (Å²) in [6.07, 6.45) is 1.76. The number of pyridine rings is 1. The molecule has 3 heterocycles. The Morgan fingerprint density at radius 1 is 1.00 bits per heavy atom. The quantitative estimate of drug-likeness (QED) is 0.681. The van der Waals surface area contributed by atoms with Crippen LogP contribution in [-0.4, -0.2) is 4.98 Å². The molecular weight excluding hydrogens is 296 g/mol. The summed E-state index contributed by atoms with van der Waals surface area (Å²) in [7, 11) is 0. The summed E-state index contributed by atoms with van der Waals surface area (Å²) in [6.45, 7) is 0. The molecule has 0 fully saturated rings. The van der Waals surface area contributed by atoms with Crippen LogP contribution in [0.3, 0.4) is 0 Å². The lowest BCUT2D eigenvalue weighted by molar-refractivity contribution is 0.989. The van der Waals surface area contributed by atoms with Gasteiger partial charge in [-0.25, -0.2) is 4.98 Å². The SMILES string of the molecule is Clc1ccc(NC(c2cccs2)c2cccs2)cn1. The van der Waals surface area contributed by atoms with E-state index in [4.69, 9.17) is 11.6 Å². The Balaban J connectivity index is 1.90. The molecule has 3 aromatic heterocycles. The molecule has 0 aliphatic heterocycles. The molecule has 0 aromatic carbocycles. The highest BCUT2D eigenvalue weighted by Gasteiger charge is 2.16. The third-order valence-corrected chi connectivity index (χ3v) is 4.79. The Morgan fingerprint density at radius 3 is 2.16 bits per heavy atom. The summed E-state index contributed by atoms with van der Waals surface area (Å²) in [5.74, 6) is 0. The van der Waals surface area contributed by atoms with E-state index in [-0.39, 0.29) is 6.04 Å². The van der Waals surface area contributed by atoms with Crippen molar-refractivity contribution in [2.45, 2.75) is 6.04 Å². The monoisotopic (exact) mass is 306 g/mol. The predicted octanol–water partition coefficient (Wildman–Crippen LogP) is 5.06. The number of thiophene rings is 2. The van der Waals surface area contributed by atoms with E-state index in [9.17, 15) is 0 Å². The van der Waals surface area contributed by atoms with Gasteiger partial charge in [-0.3, -0.25) is 0 Å². The maximum absolute atomic E-state index is 5.81. The number of nitrogens with one attached hydrogen (secondary N) is 1. The van der Waals surface area contributed by atoms with Crippen molar-refractivity contribution < 1.29 is 0 Å². The third-order valence-electron chi connectivity index (χ3n) is 2.69. The van der Waals surface area contributed by atoms with E-state index in [1.807, 2.05) is 6.07 Å². The zero-order valence-electron chi connectivity index (χ0n) is 9.92. The normalized spacial score (nSPS) is 10.8. The fraction of sp³-hybridized carbons (Fsp3) is 0.0714. The highest BCUT2D eigenvalue weighted by molar-refractivity contribution is 7.11. The molecule has 1 N–H and O–H groups in total. The van der Waals surface area contributed by atoms with Gasteiger partial charge in [0.25, 0.3) is 0 Å². The van der Waals surface area contributed by atoms with E-state index in [0.717, 1.165) is 5.69 Å². The van der Waals surface area contributed by atoms with E-state index in [1.165, 1.54) is 9.75 Å². The average Bonchev–Trinajstić information content (AvgIpc) is 3.11. The highest BCUT2D eigenvalue weighted by Crippen LogP contribution is 2.32. The second kappa shape index (κ2) is 5.74. The van der Waals surface area contributed by atoms with Crippen molar-refractivity contribution in [2.24, 2.45) is 0 Å². The molecule has 0 atom stereocenters. The van der Waals surface area contributed by atoms with Gasteiger partial charge >= 0.3 is 0 Å². The van der Waals surface area contributed by atoms with Gasteiger partial charge < -0.3 is 5.32 Å². The zero-order valence-corrected chi connectivity index (χ0v) is 12.3. The third kappa shape index (κ3) is 2.97. The minimum atomic E-state index is 0.169. The van der Waals surface area contributed by atoms with Crippen LogP contribution in [0.15, 0.2) is 53.4 Å². The van der Waals surface area contributed by atoms with Crippen molar-refractivity contribution in [3.8, 4) is 0 Å². The summed E-state index contributed by atoms with van der Waals surface area (Å²) in [5.41, 5.74) is 0.969. The molecule has 0 radical (unpaired) electrons. The van der Waals surface area contributed by atoms with E-state index >= 15 is 0 Å². The Morgan fingerprint density at radius 2 is 1.68 bits per heavy atom. The molecule has 0 unspecified atom stereocenters. The molecule has 19 heavy (non-hydrogen) atoms. The Bertz CT molecular complexity index is 584. The number of rotatable bonds is 4. The van der Waals surface area contributed by atoms with Crippen molar-refractivity contribution in [3.63, 3.8) is 0 Å². The maximum atomic E-state index is 5.81. The summed E-state index contributed by atoms with van der Waals surface area (Å²) in [4.78, 5) is 6.68. The highest BCUT2D eigenvalue weighted by atomic mass is 35.5. The molecule has 0 saturated heterocycles. The molecule has 0 saturated carbocycles. The second-order valence-electron chi connectivity index (χ2n) is 3.98. The van der Waals surface area contributed by atoms with E-state index in [0.29, 0.717) is 5.15 Å². The molecule has 5 heteroatoms. The van der Waals surface area contributed by atoms with Gasteiger partial charge in [0.1, 0.15) is 5.15 Å². The van der Waals surface area contributed by atoms with Gasteiger partial charge in [-0.2, -0.15) is 0 Å². The Kier molecular flexibility index (Phi) is 3.82. The van der Waals surface area contributed by atoms with Crippen LogP contribution < -0.4 is 5.32 Å². The average molecular weight is 307 g/mol. The number of halogens is 1. The lowest BCUT2D eigenvalue weighted by Crippen LogP contribution is -2.09. The number of hydrogen-bond donors (Lipinski definition) is 1. The van der Waals surface area contributed by atoms with Crippen molar-refractivity contribution in [2.75, 3.05) is 5.32 Å². The fourth-order valence-corrected chi connectivity index (χ4v) is 3.59. The van der Waals surface area contributed by atoms with Gasteiger partial charge in [-0.1, -0.05) is 23.7 Å². The predicted molar refractivity (Wildman–Crippen MR) is 83.4 cm³/mol. The lowest BCUT2D eigenvalue weighted by atomic mass is 10.2. The van der Waals surface area contributed by atoms with E-state index in [2.05, 4.69) is 45.3 Å².